The summed E-state index contributed by atoms with van der Waals surface area (Å²) in [7, 11) is 0. The van der Waals surface area contributed by atoms with Crippen LogP contribution >= 0.6 is 0 Å². The van der Waals surface area contributed by atoms with Crippen LogP contribution in [-0.2, 0) is 6.54 Å². The number of amidine groups is 1. The highest BCUT2D eigenvalue weighted by atomic mass is 16.2. The van der Waals surface area contributed by atoms with Crippen molar-refractivity contribution in [1.82, 2.24) is 9.80 Å². The van der Waals surface area contributed by atoms with Crippen LogP contribution in [0.3, 0.4) is 0 Å². The predicted octanol–water partition coefficient (Wildman–Crippen LogP) is 5.48. The highest BCUT2D eigenvalue weighted by Crippen LogP contribution is 2.30. The second-order valence-corrected chi connectivity index (χ2v) is 7.15. The molecule has 1 aliphatic rings. The topological polar surface area (TPSA) is 35.9 Å². The third-order valence-electron chi connectivity index (χ3n) is 5.05. The van der Waals surface area contributed by atoms with Gasteiger partial charge in [0.2, 0.25) is 0 Å². The summed E-state index contributed by atoms with van der Waals surface area (Å²) in [6.45, 7) is 3.25. The minimum Gasteiger partial charge on any atom is -0.298 e. The van der Waals surface area contributed by atoms with E-state index in [-0.39, 0.29) is 12.2 Å². The first-order valence-corrected chi connectivity index (χ1v) is 10.1. The van der Waals surface area contributed by atoms with Crippen LogP contribution in [-0.4, -0.2) is 28.2 Å². The third-order valence-corrected chi connectivity index (χ3v) is 5.05. The molecule has 146 valence electrons. The Balaban J connectivity index is 1.81. The van der Waals surface area contributed by atoms with E-state index in [2.05, 4.69) is 6.92 Å². The maximum atomic E-state index is 13.7. The Morgan fingerprint density at radius 3 is 2.03 bits per heavy atom. The number of carbonyl (C=O) groups is 1. The van der Waals surface area contributed by atoms with Crippen molar-refractivity contribution >= 4 is 11.9 Å². The predicted molar refractivity (Wildman–Crippen MR) is 117 cm³/mol. The Labute approximate surface area is 172 Å². The van der Waals surface area contributed by atoms with Gasteiger partial charge in [-0.25, -0.2) is 9.79 Å². The van der Waals surface area contributed by atoms with Gasteiger partial charge in [-0.15, -0.1) is 0 Å². The van der Waals surface area contributed by atoms with Crippen LogP contribution in [0.2, 0.25) is 0 Å². The lowest BCUT2D eigenvalue weighted by molar-refractivity contribution is 0.143. The molecule has 0 bridgehead atoms. The quantitative estimate of drug-likeness (QED) is 0.555. The SMILES string of the molecule is CCCN1C(=O)N(Cc2ccccc2)C(c2ccccc2)=NC1c1ccccc1. The molecule has 0 saturated carbocycles. The molecule has 4 rings (SSSR count). The average Bonchev–Trinajstić information content (AvgIpc) is 2.78. The molecule has 1 unspecified atom stereocenters. The van der Waals surface area contributed by atoms with Crippen molar-refractivity contribution in [3.05, 3.63) is 108 Å². The van der Waals surface area contributed by atoms with Crippen molar-refractivity contribution in [3.63, 3.8) is 0 Å². The van der Waals surface area contributed by atoms with Gasteiger partial charge in [-0.3, -0.25) is 9.80 Å². The van der Waals surface area contributed by atoms with Gasteiger partial charge in [0.25, 0.3) is 0 Å². The monoisotopic (exact) mass is 383 g/mol. The molecule has 2 amide bonds. The highest BCUT2D eigenvalue weighted by Gasteiger charge is 2.36. The summed E-state index contributed by atoms with van der Waals surface area (Å²) < 4.78 is 0. The lowest BCUT2D eigenvalue weighted by Crippen LogP contribution is -2.51. The lowest BCUT2D eigenvalue weighted by Gasteiger charge is -2.40. The number of benzene rings is 3. The van der Waals surface area contributed by atoms with E-state index in [1.807, 2.05) is 95.9 Å². The molecule has 3 aromatic rings. The van der Waals surface area contributed by atoms with E-state index in [9.17, 15) is 4.79 Å². The van der Waals surface area contributed by atoms with Gasteiger partial charge in [-0.05, 0) is 17.5 Å². The molecule has 0 fully saturated rings. The van der Waals surface area contributed by atoms with Gasteiger partial charge in [0.05, 0.1) is 6.54 Å². The standard InChI is InChI=1S/C25H25N3O/c1-2-18-27-23(21-14-8-4-9-15-21)26-24(22-16-10-5-11-17-22)28(25(27)29)19-20-12-6-3-7-13-20/h3-17,23H,2,18-19H2,1H3. The number of hydrogen-bond donors (Lipinski definition) is 0. The second-order valence-electron chi connectivity index (χ2n) is 7.15. The molecule has 29 heavy (non-hydrogen) atoms. The zero-order valence-electron chi connectivity index (χ0n) is 16.6. The molecule has 0 N–H and O–H groups in total. The molecule has 1 aliphatic heterocycles. The molecule has 0 aromatic heterocycles. The molecule has 1 atom stereocenters. The molecule has 4 heteroatoms. The van der Waals surface area contributed by atoms with Gasteiger partial charge in [0.1, 0.15) is 5.84 Å². The maximum Gasteiger partial charge on any atom is 0.327 e. The number of urea groups is 1. The highest BCUT2D eigenvalue weighted by molar-refractivity contribution is 6.08. The first kappa shape index (κ1) is 18.9. The molecule has 4 nitrogen and oxygen atoms in total. The van der Waals surface area contributed by atoms with Crippen molar-refractivity contribution in [2.24, 2.45) is 4.99 Å². The van der Waals surface area contributed by atoms with Crippen LogP contribution in [0.1, 0.15) is 36.2 Å². The Hall–Kier alpha value is -3.40. The molecule has 0 aliphatic carbocycles. The molecule has 3 aromatic carbocycles. The normalized spacial score (nSPS) is 16.7. The summed E-state index contributed by atoms with van der Waals surface area (Å²) in [5.74, 6) is 0.723. The number of amides is 2. The van der Waals surface area contributed by atoms with E-state index in [1.165, 1.54) is 0 Å². The Kier molecular flexibility index (Phi) is 5.71. The fraction of sp³-hybridized carbons (Fsp3) is 0.200. The Morgan fingerprint density at radius 2 is 1.41 bits per heavy atom. The van der Waals surface area contributed by atoms with Gasteiger partial charge in [-0.1, -0.05) is 97.9 Å². The molecule has 0 spiro atoms. The zero-order chi connectivity index (χ0) is 20.1. The second kappa shape index (κ2) is 8.74. The zero-order valence-corrected chi connectivity index (χ0v) is 16.6. The van der Waals surface area contributed by atoms with Gasteiger partial charge in [0.15, 0.2) is 6.17 Å². The number of aliphatic imine (C=N–C) groups is 1. The van der Waals surface area contributed by atoms with Crippen LogP contribution in [0.25, 0.3) is 0 Å². The summed E-state index contributed by atoms with van der Waals surface area (Å²) >= 11 is 0. The largest absolute Gasteiger partial charge is 0.327 e. The fourth-order valence-corrected chi connectivity index (χ4v) is 3.67. The number of rotatable bonds is 6. The summed E-state index contributed by atoms with van der Waals surface area (Å²) in [5.41, 5.74) is 3.06. The maximum absolute atomic E-state index is 13.7. The van der Waals surface area contributed by atoms with Crippen LogP contribution in [0.5, 0.6) is 0 Å². The summed E-state index contributed by atoms with van der Waals surface area (Å²) in [4.78, 5) is 22.4. The Bertz CT molecular complexity index is 971. The van der Waals surface area contributed by atoms with E-state index in [0.717, 1.165) is 28.9 Å². The van der Waals surface area contributed by atoms with E-state index < -0.39 is 0 Å². The van der Waals surface area contributed by atoms with E-state index in [4.69, 9.17) is 4.99 Å². The van der Waals surface area contributed by atoms with Crippen LogP contribution < -0.4 is 0 Å². The lowest BCUT2D eigenvalue weighted by atomic mass is 10.1. The van der Waals surface area contributed by atoms with Gasteiger partial charge in [0, 0.05) is 12.1 Å². The van der Waals surface area contributed by atoms with Crippen molar-refractivity contribution in [2.45, 2.75) is 26.1 Å². The molecular formula is C25H25N3O. The summed E-state index contributed by atoms with van der Waals surface area (Å²) in [6, 6.07) is 30.1. The molecule has 0 saturated heterocycles. The Morgan fingerprint density at radius 1 is 0.828 bits per heavy atom. The minimum atomic E-state index is -0.314. The first-order chi connectivity index (χ1) is 14.3. The van der Waals surface area contributed by atoms with Gasteiger partial charge < -0.3 is 0 Å². The van der Waals surface area contributed by atoms with Crippen molar-refractivity contribution in [2.75, 3.05) is 6.54 Å². The fourth-order valence-electron chi connectivity index (χ4n) is 3.67. The van der Waals surface area contributed by atoms with Gasteiger partial charge >= 0.3 is 6.03 Å². The smallest absolute Gasteiger partial charge is 0.298 e. The third kappa shape index (κ3) is 4.06. The molecule has 1 heterocycles. The van der Waals surface area contributed by atoms with E-state index in [1.54, 1.807) is 4.90 Å². The first-order valence-electron chi connectivity index (χ1n) is 10.1. The molecular weight excluding hydrogens is 358 g/mol. The van der Waals surface area contributed by atoms with Crippen LogP contribution in [0, 0.1) is 0 Å². The number of nitrogens with zero attached hydrogens (tertiary/aromatic N) is 3. The van der Waals surface area contributed by atoms with Gasteiger partial charge in [-0.2, -0.15) is 0 Å². The number of carbonyl (C=O) groups excluding carboxylic acids is 1. The van der Waals surface area contributed by atoms with Crippen molar-refractivity contribution in [3.8, 4) is 0 Å². The number of hydrogen-bond acceptors (Lipinski definition) is 2. The molecule has 0 radical (unpaired) electrons. The summed E-state index contributed by atoms with van der Waals surface area (Å²) in [6.07, 6.45) is 0.565. The minimum absolute atomic E-state index is 0.00147. The van der Waals surface area contributed by atoms with Crippen LogP contribution in [0.4, 0.5) is 4.79 Å². The van der Waals surface area contributed by atoms with E-state index >= 15 is 0 Å². The van der Waals surface area contributed by atoms with Crippen LogP contribution in [0.15, 0.2) is 96.0 Å². The summed E-state index contributed by atoms with van der Waals surface area (Å²) in [5, 5.41) is 0. The van der Waals surface area contributed by atoms with Crippen molar-refractivity contribution in [1.29, 1.82) is 0 Å². The van der Waals surface area contributed by atoms with Crippen molar-refractivity contribution < 1.29 is 4.79 Å². The average molecular weight is 383 g/mol. The van der Waals surface area contributed by atoms with E-state index in [0.29, 0.717) is 13.1 Å².